The van der Waals surface area contributed by atoms with Gasteiger partial charge in [0, 0.05) is 17.3 Å². The predicted octanol–water partition coefficient (Wildman–Crippen LogP) is 3.86. The van der Waals surface area contributed by atoms with Gasteiger partial charge in [-0.3, -0.25) is 9.69 Å². The number of carbonyl (C=O) groups excluding carboxylic acids is 1. The first kappa shape index (κ1) is 20.1. The maximum Gasteiger partial charge on any atom is 0.241 e. The van der Waals surface area contributed by atoms with Crippen molar-refractivity contribution in [3.8, 4) is 11.5 Å². The van der Waals surface area contributed by atoms with E-state index in [0.29, 0.717) is 16.5 Å². The normalized spacial score (nSPS) is 11.9. The van der Waals surface area contributed by atoms with E-state index in [1.165, 1.54) is 0 Å². The standard InChI is InChI=1S/C20H25ClN2O3/c1-14(20(24)22-17-8-6-16(21)7-9-17)23(2)12-11-15-5-10-18(25-3)19(13-15)26-4/h5-10,13-14H,11-12H2,1-4H3,(H,22,24)/t14-/m0/s1. The van der Waals surface area contributed by atoms with Crippen molar-refractivity contribution in [2.45, 2.75) is 19.4 Å². The molecule has 0 radical (unpaired) electrons. The highest BCUT2D eigenvalue weighted by molar-refractivity contribution is 6.30. The molecule has 0 saturated heterocycles. The van der Waals surface area contributed by atoms with E-state index in [1.54, 1.807) is 38.5 Å². The van der Waals surface area contributed by atoms with Crippen LogP contribution in [0, 0.1) is 0 Å². The molecular weight excluding hydrogens is 352 g/mol. The summed E-state index contributed by atoms with van der Waals surface area (Å²) in [5.74, 6) is 1.36. The van der Waals surface area contributed by atoms with Crippen LogP contribution in [0.2, 0.25) is 5.02 Å². The summed E-state index contributed by atoms with van der Waals surface area (Å²) < 4.78 is 10.6. The summed E-state index contributed by atoms with van der Waals surface area (Å²) in [5.41, 5.74) is 1.86. The van der Waals surface area contributed by atoms with Gasteiger partial charge in [-0.15, -0.1) is 0 Å². The van der Waals surface area contributed by atoms with E-state index in [0.717, 1.165) is 24.2 Å². The first-order valence-electron chi connectivity index (χ1n) is 8.42. The van der Waals surface area contributed by atoms with Gasteiger partial charge in [0.1, 0.15) is 0 Å². The molecule has 1 amide bonds. The molecule has 2 aromatic rings. The second-order valence-corrected chi connectivity index (χ2v) is 6.53. The summed E-state index contributed by atoms with van der Waals surface area (Å²) in [6.45, 7) is 2.63. The van der Waals surface area contributed by atoms with Crippen LogP contribution in [0.4, 0.5) is 5.69 Å². The second kappa shape index (κ2) is 9.46. The van der Waals surface area contributed by atoms with Crippen molar-refractivity contribution in [1.29, 1.82) is 0 Å². The Balaban J connectivity index is 1.91. The van der Waals surface area contributed by atoms with Gasteiger partial charge in [0.2, 0.25) is 5.91 Å². The largest absolute Gasteiger partial charge is 0.493 e. The molecule has 5 nitrogen and oxygen atoms in total. The molecule has 0 aliphatic heterocycles. The highest BCUT2D eigenvalue weighted by Crippen LogP contribution is 2.27. The minimum absolute atomic E-state index is 0.0536. The van der Waals surface area contributed by atoms with Crippen LogP contribution >= 0.6 is 11.6 Å². The maximum atomic E-state index is 12.4. The van der Waals surface area contributed by atoms with Gasteiger partial charge in [-0.05, 0) is 62.4 Å². The highest BCUT2D eigenvalue weighted by Gasteiger charge is 2.18. The van der Waals surface area contributed by atoms with Crippen LogP contribution in [0.1, 0.15) is 12.5 Å². The van der Waals surface area contributed by atoms with Crippen molar-refractivity contribution >= 4 is 23.2 Å². The van der Waals surface area contributed by atoms with E-state index >= 15 is 0 Å². The molecule has 0 saturated carbocycles. The number of nitrogens with zero attached hydrogens (tertiary/aromatic N) is 1. The van der Waals surface area contributed by atoms with Gasteiger partial charge in [-0.2, -0.15) is 0 Å². The third-order valence-corrected chi connectivity index (χ3v) is 4.61. The summed E-state index contributed by atoms with van der Waals surface area (Å²) in [5, 5.41) is 3.55. The first-order chi connectivity index (χ1) is 12.4. The monoisotopic (exact) mass is 376 g/mol. The molecule has 0 heterocycles. The number of hydrogen-bond donors (Lipinski definition) is 1. The number of nitrogens with one attached hydrogen (secondary N) is 1. The number of amides is 1. The first-order valence-corrected chi connectivity index (χ1v) is 8.80. The fraction of sp³-hybridized carbons (Fsp3) is 0.350. The fourth-order valence-corrected chi connectivity index (χ4v) is 2.64. The van der Waals surface area contributed by atoms with Crippen LogP contribution < -0.4 is 14.8 Å². The van der Waals surface area contributed by atoms with Crippen molar-refractivity contribution in [1.82, 2.24) is 4.90 Å². The lowest BCUT2D eigenvalue weighted by Gasteiger charge is -2.24. The predicted molar refractivity (Wildman–Crippen MR) is 105 cm³/mol. The second-order valence-electron chi connectivity index (χ2n) is 6.09. The number of rotatable bonds is 8. The number of hydrogen-bond acceptors (Lipinski definition) is 4. The number of likely N-dealkylation sites (N-methyl/N-ethyl adjacent to an activating group) is 1. The van der Waals surface area contributed by atoms with Gasteiger partial charge in [0.05, 0.1) is 20.3 Å². The number of methoxy groups -OCH3 is 2. The molecular formula is C20H25ClN2O3. The summed E-state index contributed by atoms with van der Waals surface area (Å²) in [6.07, 6.45) is 0.801. The van der Waals surface area contributed by atoms with Crippen molar-refractivity contribution in [2.24, 2.45) is 0 Å². The Labute approximate surface area is 159 Å². The van der Waals surface area contributed by atoms with Crippen molar-refractivity contribution in [2.75, 3.05) is 33.1 Å². The smallest absolute Gasteiger partial charge is 0.241 e. The Bertz CT molecular complexity index is 734. The molecule has 0 spiro atoms. The maximum absolute atomic E-state index is 12.4. The zero-order valence-electron chi connectivity index (χ0n) is 15.6. The zero-order valence-corrected chi connectivity index (χ0v) is 16.3. The van der Waals surface area contributed by atoms with E-state index in [-0.39, 0.29) is 11.9 Å². The van der Waals surface area contributed by atoms with Crippen LogP contribution in [0.15, 0.2) is 42.5 Å². The van der Waals surface area contributed by atoms with Crippen LogP contribution in [0.25, 0.3) is 0 Å². The topological polar surface area (TPSA) is 50.8 Å². The Kier molecular flexibility index (Phi) is 7.30. The quantitative estimate of drug-likeness (QED) is 0.760. The van der Waals surface area contributed by atoms with E-state index in [1.807, 2.05) is 37.1 Å². The minimum atomic E-state index is -0.258. The van der Waals surface area contributed by atoms with Crippen LogP contribution in [-0.2, 0) is 11.2 Å². The zero-order chi connectivity index (χ0) is 19.1. The number of anilines is 1. The van der Waals surface area contributed by atoms with Gasteiger partial charge in [-0.25, -0.2) is 0 Å². The lowest BCUT2D eigenvalue weighted by molar-refractivity contribution is -0.120. The number of ether oxygens (including phenoxy) is 2. The SMILES string of the molecule is COc1ccc(CCN(C)[C@@H](C)C(=O)Nc2ccc(Cl)cc2)cc1OC. The molecule has 2 aromatic carbocycles. The molecule has 0 aliphatic carbocycles. The molecule has 1 N–H and O–H groups in total. The Morgan fingerprint density at radius 2 is 1.77 bits per heavy atom. The summed E-state index contributed by atoms with van der Waals surface area (Å²) in [6, 6.07) is 12.7. The van der Waals surface area contributed by atoms with Gasteiger partial charge < -0.3 is 14.8 Å². The van der Waals surface area contributed by atoms with E-state index < -0.39 is 0 Å². The molecule has 1 atom stereocenters. The lowest BCUT2D eigenvalue weighted by atomic mass is 10.1. The summed E-state index contributed by atoms with van der Waals surface area (Å²) in [4.78, 5) is 14.4. The molecule has 0 fully saturated rings. The molecule has 0 bridgehead atoms. The molecule has 0 unspecified atom stereocenters. The Morgan fingerprint density at radius 3 is 2.38 bits per heavy atom. The van der Waals surface area contributed by atoms with E-state index in [2.05, 4.69) is 5.32 Å². The third-order valence-electron chi connectivity index (χ3n) is 4.35. The minimum Gasteiger partial charge on any atom is -0.493 e. The number of carbonyl (C=O) groups is 1. The van der Waals surface area contributed by atoms with Crippen molar-refractivity contribution < 1.29 is 14.3 Å². The van der Waals surface area contributed by atoms with Crippen LogP contribution in [0.3, 0.4) is 0 Å². The number of benzene rings is 2. The highest BCUT2D eigenvalue weighted by atomic mass is 35.5. The fourth-order valence-electron chi connectivity index (χ4n) is 2.52. The Morgan fingerprint density at radius 1 is 1.12 bits per heavy atom. The Hall–Kier alpha value is -2.24. The van der Waals surface area contributed by atoms with Crippen LogP contribution in [-0.4, -0.2) is 44.7 Å². The van der Waals surface area contributed by atoms with Gasteiger partial charge in [0.25, 0.3) is 0 Å². The molecule has 0 aromatic heterocycles. The molecule has 140 valence electrons. The number of halogens is 1. The third kappa shape index (κ3) is 5.38. The van der Waals surface area contributed by atoms with Crippen LogP contribution in [0.5, 0.6) is 11.5 Å². The van der Waals surface area contributed by atoms with Crippen molar-refractivity contribution in [3.63, 3.8) is 0 Å². The van der Waals surface area contributed by atoms with Gasteiger partial charge in [0.15, 0.2) is 11.5 Å². The molecule has 6 heteroatoms. The summed E-state index contributed by atoms with van der Waals surface area (Å²) >= 11 is 5.86. The molecule has 0 aliphatic rings. The van der Waals surface area contributed by atoms with Gasteiger partial charge >= 0.3 is 0 Å². The average Bonchev–Trinajstić information content (AvgIpc) is 2.66. The van der Waals surface area contributed by atoms with E-state index in [9.17, 15) is 4.79 Å². The van der Waals surface area contributed by atoms with Gasteiger partial charge in [-0.1, -0.05) is 17.7 Å². The lowest BCUT2D eigenvalue weighted by Crippen LogP contribution is -2.40. The molecule has 2 rings (SSSR count). The summed E-state index contributed by atoms with van der Waals surface area (Å²) in [7, 11) is 5.18. The molecule has 26 heavy (non-hydrogen) atoms. The van der Waals surface area contributed by atoms with Crippen molar-refractivity contribution in [3.05, 3.63) is 53.1 Å². The van der Waals surface area contributed by atoms with E-state index in [4.69, 9.17) is 21.1 Å². The average molecular weight is 377 g/mol.